The lowest BCUT2D eigenvalue weighted by Gasteiger charge is -1.93. The van der Waals surface area contributed by atoms with Crippen molar-refractivity contribution in [2.45, 2.75) is 12.3 Å². The number of hydrogen-bond acceptors (Lipinski definition) is 3. The lowest BCUT2D eigenvalue weighted by atomic mass is 10.3. The van der Waals surface area contributed by atoms with Gasteiger partial charge in [0.2, 0.25) is 0 Å². The molecule has 1 atom stereocenters. The van der Waals surface area contributed by atoms with Gasteiger partial charge in [-0.15, -0.1) is 11.6 Å². The highest BCUT2D eigenvalue weighted by Crippen LogP contribution is 2.17. The Balaban J connectivity index is 2.34. The average molecular weight is 209 g/mol. The van der Waals surface area contributed by atoms with E-state index in [2.05, 4.69) is 20.2 Å². The van der Waals surface area contributed by atoms with Crippen LogP contribution in [0.5, 0.6) is 0 Å². The van der Waals surface area contributed by atoms with Crippen molar-refractivity contribution in [1.82, 2.24) is 20.2 Å². The monoisotopic (exact) mass is 208 g/mol. The molecular formula is C9H9ClN4. The molecule has 0 aliphatic heterocycles. The van der Waals surface area contributed by atoms with Crippen molar-refractivity contribution < 1.29 is 0 Å². The Morgan fingerprint density at radius 3 is 2.86 bits per heavy atom. The van der Waals surface area contributed by atoms with Crippen LogP contribution in [0.3, 0.4) is 0 Å². The molecule has 1 N–H and O–H groups in total. The molecule has 2 aromatic rings. The van der Waals surface area contributed by atoms with E-state index in [4.69, 9.17) is 11.6 Å². The Morgan fingerprint density at radius 2 is 2.29 bits per heavy atom. The first kappa shape index (κ1) is 9.15. The van der Waals surface area contributed by atoms with Crippen molar-refractivity contribution in [2.24, 2.45) is 0 Å². The van der Waals surface area contributed by atoms with Gasteiger partial charge in [0.15, 0.2) is 5.82 Å². The van der Waals surface area contributed by atoms with Gasteiger partial charge >= 0.3 is 0 Å². The number of aromatic amines is 1. The summed E-state index contributed by atoms with van der Waals surface area (Å²) in [5, 5.41) is 6.63. The first-order valence-electron chi connectivity index (χ1n) is 4.25. The highest BCUT2D eigenvalue weighted by molar-refractivity contribution is 6.20. The Morgan fingerprint density at radius 1 is 1.43 bits per heavy atom. The summed E-state index contributed by atoms with van der Waals surface area (Å²) in [4.78, 5) is 8.35. The van der Waals surface area contributed by atoms with Gasteiger partial charge in [-0.05, 0) is 19.1 Å². The summed E-state index contributed by atoms with van der Waals surface area (Å²) < 4.78 is 0. The Hall–Kier alpha value is -1.42. The summed E-state index contributed by atoms with van der Waals surface area (Å²) in [6, 6.07) is 5.59. The van der Waals surface area contributed by atoms with E-state index < -0.39 is 0 Å². The van der Waals surface area contributed by atoms with Crippen LogP contribution in [-0.2, 0) is 0 Å². The van der Waals surface area contributed by atoms with Gasteiger partial charge in [0.1, 0.15) is 11.5 Å². The second kappa shape index (κ2) is 3.75. The van der Waals surface area contributed by atoms with Crippen LogP contribution in [0, 0.1) is 0 Å². The summed E-state index contributed by atoms with van der Waals surface area (Å²) >= 11 is 5.85. The molecule has 0 fully saturated rings. The summed E-state index contributed by atoms with van der Waals surface area (Å²) in [7, 11) is 0. The SMILES string of the molecule is CC(Cl)c1nc(-c2ccccn2)n[nH]1. The lowest BCUT2D eigenvalue weighted by molar-refractivity contribution is 0.918. The van der Waals surface area contributed by atoms with Crippen molar-refractivity contribution in [1.29, 1.82) is 0 Å². The summed E-state index contributed by atoms with van der Waals surface area (Å²) in [6.45, 7) is 1.84. The third kappa shape index (κ3) is 1.75. The van der Waals surface area contributed by atoms with Crippen molar-refractivity contribution in [2.75, 3.05) is 0 Å². The van der Waals surface area contributed by atoms with Crippen molar-refractivity contribution in [3.05, 3.63) is 30.2 Å². The molecule has 0 spiro atoms. The Labute approximate surface area is 86.4 Å². The zero-order chi connectivity index (χ0) is 9.97. The zero-order valence-electron chi connectivity index (χ0n) is 7.61. The van der Waals surface area contributed by atoms with Crippen molar-refractivity contribution in [3.8, 4) is 11.5 Å². The van der Waals surface area contributed by atoms with Gasteiger partial charge in [-0.1, -0.05) is 6.07 Å². The number of nitrogens with zero attached hydrogens (tertiary/aromatic N) is 3. The maximum atomic E-state index is 5.85. The number of aromatic nitrogens is 4. The molecule has 0 saturated carbocycles. The van der Waals surface area contributed by atoms with Crippen LogP contribution in [0.15, 0.2) is 24.4 Å². The molecule has 1 unspecified atom stereocenters. The van der Waals surface area contributed by atoms with Gasteiger partial charge in [-0.25, -0.2) is 4.98 Å². The molecule has 2 aromatic heterocycles. The largest absolute Gasteiger partial charge is 0.261 e. The van der Waals surface area contributed by atoms with Crippen LogP contribution in [0.2, 0.25) is 0 Å². The van der Waals surface area contributed by atoms with Gasteiger partial charge in [-0.2, -0.15) is 5.10 Å². The van der Waals surface area contributed by atoms with Crippen LogP contribution < -0.4 is 0 Å². The minimum Gasteiger partial charge on any atom is -0.261 e. The van der Waals surface area contributed by atoms with E-state index in [1.165, 1.54) is 0 Å². The molecule has 0 saturated heterocycles. The highest BCUT2D eigenvalue weighted by Gasteiger charge is 2.09. The highest BCUT2D eigenvalue weighted by atomic mass is 35.5. The van der Waals surface area contributed by atoms with E-state index >= 15 is 0 Å². The smallest absolute Gasteiger partial charge is 0.199 e. The Kier molecular flexibility index (Phi) is 2.45. The fourth-order valence-electron chi connectivity index (χ4n) is 1.06. The molecule has 2 rings (SSSR count). The fraction of sp³-hybridized carbons (Fsp3) is 0.222. The van der Waals surface area contributed by atoms with Gasteiger partial charge < -0.3 is 0 Å². The average Bonchev–Trinajstić information content (AvgIpc) is 2.68. The number of H-pyrrole nitrogens is 1. The van der Waals surface area contributed by atoms with E-state index in [9.17, 15) is 0 Å². The molecule has 0 radical (unpaired) electrons. The van der Waals surface area contributed by atoms with Gasteiger partial charge in [-0.3, -0.25) is 10.1 Å². The van der Waals surface area contributed by atoms with Crippen LogP contribution in [0.25, 0.3) is 11.5 Å². The van der Waals surface area contributed by atoms with E-state index in [0.717, 1.165) is 5.69 Å². The Bertz CT molecular complexity index is 410. The van der Waals surface area contributed by atoms with E-state index in [-0.39, 0.29) is 5.38 Å². The topological polar surface area (TPSA) is 54.5 Å². The van der Waals surface area contributed by atoms with Gasteiger partial charge in [0, 0.05) is 6.20 Å². The molecule has 72 valence electrons. The molecule has 4 nitrogen and oxygen atoms in total. The predicted octanol–water partition coefficient (Wildman–Crippen LogP) is 2.17. The molecule has 0 bridgehead atoms. The molecule has 0 aliphatic carbocycles. The van der Waals surface area contributed by atoms with E-state index in [0.29, 0.717) is 11.6 Å². The third-order valence-corrected chi connectivity index (χ3v) is 1.98. The lowest BCUT2D eigenvalue weighted by Crippen LogP contribution is -1.87. The van der Waals surface area contributed by atoms with E-state index in [1.54, 1.807) is 6.20 Å². The second-order valence-corrected chi connectivity index (χ2v) is 3.53. The number of alkyl halides is 1. The minimum atomic E-state index is -0.167. The summed E-state index contributed by atoms with van der Waals surface area (Å²) in [5.41, 5.74) is 0.743. The van der Waals surface area contributed by atoms with Crippen LogP contribution in [0.4, 0.5) is 0 Å². The van der Waals surface area contributed by atoms with Gasteiger partial charge in [0.05, 0.1) is 5.38 Å². The molecule has 0 amide bonds. The predicted molar refractivity (Wildman–Crippen MR) is 53.9 cm³/mol. The summed E-state index contributed by atoms with van der Waals surface area (Å²) in [6.07, 6.45) is 1.70. The van der Waals surface area contributed by atoms with Crippen LogP contribution in [-0.4, -0.2) is 20.2 Å². The van der Waals surface area contributed by atoms with Crippen LogP contribution in [0.1, 0.15) is 18.1 Å². The third-order valence-electron chi connectivity index (χ3n) is 1.77. The van der Waals surface area contributed by atoms with Crippen LogP contribution >= 0.6 is 11.6 Å². The molecule has 2 heterocycles. The number of halogens is 1. The first-order chi connectivity index (χ1) is 6.77. The second-order valence-electron chi connectivity index (χ2n) is 2.88. The number of rotatable bonds is 2. The molecule has 0 aliphatic rings. The number of nitrogens with one attached hydrogen (secondary N) is 1. The zero-order valence-corrected chi connectivity index (χ0v) is 8.36. The van der Waals surface area contributed by atoms with Gasteiger partial charge in [0.25, 0.3) is 0 Å². The van der Waals surface area contributed by atoms with E-state index in [1.807, 2.05) is 25.1 Å². The maximum absolute atomic E-state index is 5.85. The fourth-order valence-corrected chi connectivity index (χ4v) is 1.16. The first-order valence-corrected chi connectivity index (χ1v) is 4.69. The summed E-state index contributed by atoms with van der Waals surface area (Å²) in [5.74, 6) is 1.24. The molecular weight excluding hydrogens is 200 g/mol. The minimum absolute atomic E-state index is 0.167. The standard InChI is InChI=1S/C9H9ClN4/c1-6(10)8-12-9(14-13-8)7-4-2-3-5-11-7/h2-6H,1H3,(H,12,13,14). The quantitative estimate of drug-likeness (QED) is 0.770. The van der Waals surface area contributed by atoms with Crippen molar-refractivity contribution in [3.63, 3.8) is 0 Å². The number of hydrogen-bond donors (Lipinski definition) is 1. The molecule has 14 heavy (non-hydrogen) atoms. The maximum Gasteiger partial charge on any atom is 0.199 e. The van der Waals surface area contributed by atoms with Crippen molar-refractivity contribution >= 4 is 11.6 Å². The molecule has 5 heteroatoms. The number of pyridine rings is 1. The molecule has 0 aromatic carbocycles. The normalized spacial score (nSPS) is 12.7.